The van der Waals surface area contributed by atoms with Crippen LogP contribution in [0.2, 0.25) is 0 Å². The molecule has 0 aromatic heterocycles. The van der Waals surface area contributed by atoms with Crippen molar-refractivity contribution in [3.05, 3.63) is 59.7 Å². The molecule has 0 radical (unpaired) electrons. The smallest absolute Gasteiger partial charge is 0.494 e. The summed E-state index contributed by atoms with van der Waals surface area (Å²) in [5.74, 6) is 0.865. The second kappa shape index (κ2) is 6.70. The first-order valence-electron chi connectivity index (χ1n) is 8.58. The topological polar surface area (TPSA) is 27.7 Å². The highest BCUT2D eigenvalue weighted by molar-refractivity contribution is 6.62. The highest BCUT2D eigenvalue weighted by atomic mass is 16.7. The van der Waals surface area contributed by atoms with Gasteiger partial charge in [-0.1, -0.05) is 48.6 Å². The minimum Gasteiger partial charge on any atom is -0.497 e. The molecule has 1 fully saturated rings. The third-order valence-electron chi connectivity index (χ3n) is 5.05. The van der Waals surface area contributed by atoms with E-state index in [-0.39, 0.29) is 18.3 Å². The van der Waals surface area contributed by atoms with Crippen molar-refractivity contribution >= 4 is 24.7 Å². The first kappa shape index (κ1) is 17.8. The highest BCUT2D eigenvalue weighted by Gasteiger charge is 2.51. The Morgan fingerprint density at radius 2 is 1.20 bits per heavy atom. The van der Waals surface area contributed by atoms with Crippen LogP contribution in [0.25, 0.3) is 12.2 Å². The molecule has 0 aliphatic carbocycles. The quantitative estimate of drug-likeness (QED) is 0.620. The molecule has 3 nitrogen and oxygen atoms in total. The van der Waals surface area contributed by atoms with Gasteiger partial charge in [-0.3, -0.25) is 0 Å². The predicted octanol–water partition coefficient (Wildman–Crippen LogP) is 4.16. The Hall–Kier alpha value is -2.04. The number of methoxy groups -OCH3 is 1. The fraction of sp³-hybridized carbons (Fsp3) is 0.333. The van der Waals surface area contributed by atoms with E-state index in [0.717, 1.165) is 22.3 Å². The lowest BCUT2D eigenvalue weighted by Crippen LogP contribution is -2.41. The molecule has 0 atom stereocenters. The summed E-state index contributed by atoms with van der Waals surface area (Å²) < 4.78 is 17.4. The molecule has 0 saturated carbocycles. The van der Waals surface area contributed by atoms with E-state index < -0.39 is 0 Å². The second-order valence-electron chi connectivity index (χ2n) is 7.36. The molecule has 1 saturated heterocycles. The van der Waals surface area contributed by atoms with Crippen molar-refractivity contribution in [2.45, 2.75) is 38.9 Å². The summed E-state index contributed by atoms with van der Waals surface area (Å²) in [4.78, 5) is 0. The molecule has 130 valence electrons. The Bertz CT molecular complexity index is 730. The first-order chi connectivity index (χ1) is 11.8. The molecular weight excluding hydrogens is 311 g/mol. The fourth-order valence-electron chi connectivity index (χ4n) is 2.65. The molecule has 25 heavy (non-hydrogen) atoms. The van der Waals surface area contributed by atoms with Gasteiger partial charge in [0.25, 0.3) is 0 Å². The number of ether oxygens (including phenoxy) is 1. The van der Waals surface area contributed by atoms with E-state index in [9.17, 15) is 0 Å². The normalized spacial score (nSPS) is 18.7. The summed E-state index contributed by atoms with van der Waals surface area (Å²) in [6.07, 6.45) is 4.18. The monoisotopic (exact) mass is 336 g/mol. The van der Waals surface area contributed by atoms with Gasteiger partial charge in [-0.05, 0) is 56.4 Å². The zero-order valence-electron chi connectivity index (χ0n) is 15.6. The lowest BCUT2D eigenvalue weighted by atomic mass is 9.79. The molecule has 2 aromatic rings. The van der Waals surface area contributed by atoms with E-state index in [0.29, 0.717) is 0 Å². The lowest BCUT2D eigenvalue weighted by molar-refractivity contribution is 0.00578. The Morgan fingerprint density at radius 1 is 0.760 bits per heavy atom. The SMILES string of the molecule is COc1ccc(/C=C/c2ccc(B3OC(C)(C)C(C)(C)O3)cc2)cc1. The fourth-order valence-corrected chi connectivity index (χ4v) is 2.65. The maximum absolute atomic E-state index is 6.09. The van der Waals surface area contributed by atoms with Gasteiger partial charge in [0, 0.05) is 0 Å². The van der Waals surface area contributed by atoms with Crippen LogP contribution in [-0.2, 0) is 9.31 Å². The molecule has 1 aliphatic heterocycles. The van der Waals surface area contributed by atoms with Gasteiger partial charge in [0.15, 0.2) is 0 Å². The van der Waals surface area contributed by atoms with Crippen LogP contribution in [0.5, 0.6) is 5.75 Å². The van der Waals surface area contributed by atoms with Gasteiger partial charge in [-0.25, -0.2) is 0 Å². The van der Waals surface area contributed by atoms with E-state index >= 15 is 0 Å². The van der Waals surface area contributed by atoms with Crippen LogP contribution >= 0.6 is 0 Å². The van der Waals surface area contributed by atoms with Gasteiger partial charge >= 0.3 is 7.12 Å². The van der Waals surface area contributed by atoms with Gasteiger partial charge in [-0.2, -0.15) is 0 Å². The van der Waals surface area contributed by atoms with Gasteiger partial charge < -0.3 is 14.0 Å². The molecule has 1 heterocycles. The van der Waals surface area contributed by atoms with Crippen LogP contribution in [-0.4, -0.2) is 25.4 Å². The van der Waals surface area contributed by atoms with Crippen molar-refractivity contribution in [1.82, 2.24) is 0 Å². The Labute approximate surface area is 150 Å². The van der Waals surface area contributed by atoms with Gasteiger partial charge in [0.05, 0.1) is 18.3 Å². The van der Waals surface area contributed by atoms with Crippen molar-refractivity contribution in [1.29, 1.82) is 0 Å². The van der Waals surface area contributed by atoms with Crippen LogP contribution in [0.15, 0.2) is 48.5 Å². The minimum absolute atomic E-state index is 0.315. The van der Waals surface area contributed by atoms with Crippen molar-refractivity contribution in [2.24, 2.45) is 0 Å². The summed E-state index contributed by atoms with van der Waals surface area (Å²) >= 11 is 0. The number of benzene rings is 2. The first-order valence-corrected chi connectivity index (χ1v) is 8.58. The Morgan fingerprint density at radius 3 is 1.64 bits per heavy atom. The predicted molar refractivity (Wildman–Crippen MR) is 104 cm³/mol. The Kier molecular flexibility index (Phi) is 4.76. The van der Waals surface area contributed by atoms with Gasteiger partial charge in [0.2, 0.25) is 0 Å². The van der Waals surface area contributed by atoms with Crippen LogP contribution in [0.1, 0.15) is 38.8 Å². The summed E-state index contributed by atoms with van der Waals surface area (Å²) in [5, 5.41) is 0. The molecule has 1 aliphatic rings. The van der Waals surface area contributed by atoms with E-state index in [1.807, 2.05) is 24.3 Å². The van der Waals surface area contributed by atoms with Crippen LogP contribution in [0.4, 0.5) is 0 Å². The third kappa shape index (κ3) is 3.81. The third-order valence-corrected chi connectivity index (χ3v) is 5.05. The molecule has 0 amide bonds. The Balaban J connectivity index is 1.69. The van der Waals surface area contributed by atoms with E-state index in [1.165, 1.54) is 0 Å². The maximum Gasteiger partial charge on any atom is 0.494 e. The zero-order valence-corrected chi connectivity index (χ0v) is 15.6. The van der Waals surface area contributed by atoms with Gasteiger partial charge in [-0.15, -0.1) is 0 Å². The van der Waals surface area contributed by atoms with Crippen LogP contribution in [0.3, 0.4) is 0 Å². The van der Waals surface area contributed by atoms with Crippen molar-refractivity contribution in [2.75, 3.05) is 7.11 Å². The van der Waals surface area contributed by atoms with Crippen molar-refractivity contribution in [3.8, 4) is 5.75 Å². The number of rotatable bonds is 4. The van der Waals surface area contributed by atoms with E-state index in [1.54, 1.807) is 7.11 Å². The minimum atomic E-state index is -0.315. The number of hydrogen-bond acceptors (Lipinski definition) is 3. The van der Waals surface area contributed by atoms with Crippen LogP contribution in [0, 0.1) is 0 Å². The standard InChI is InChI=1S/C21H25BO3/c1-20(2)21(3,4)25-22(24-20)18-12-8-16(9-13-18)6-7-17-10-14-19(23-5)15-11-17/h6-15H,1-5H3/b7-6+. The molecule has 0 bridgehead atoms. The van der Waals surface area contributed by atoms with Crippen molar-refractivity contribution < 1.29 is 14.0 Å². The van der Waals surface area contributed by atoms with Crippen LogP contribution < -0.4 is 10.2 Å². The molecule has 3 rings (SSSR count). The molecule has 2 aromatic carbocycles. The summed E-state index contributed by atoms with van der Waals surface area (Å²) in [6, 6.07) is 16.3. The molecule has 4 heteroatoms. The molecule has 0 unspecified atom stereocenters. The molecule has 0 N–H and O–H groups in total. The summed E-state index contributed by atoms with van der Waals surface area (Å²) in [6.45, 7) is 8.27. The summed E-state index contributed by atoms with van der Waals surface area (Å²) in [7, 11) is 1.36. The van der Waals surface area contributed by atoms with Gasteiger partial charge in [0.1, 0.15) is 5.75 Å². The number of hydrogen-bond donors (Lipinski definition) is 0. The lowest BCUT2D eigenvalue weighted by Gasteiger charge is -2.32. The van der Waals surface area contributed by atoms with E-state index in [4.69, 9.17) is 14.0 Å². The largest absolute Gasteiger partial charge is 0.497 e. The molecular formula is C21H25BO3. The van der Waals surface area contributed by atoms with E-state index in [2.05, 4.69) is 64.1 Å². The average molecular weight is 336 g/mol. The maximum atomic E-state index is 6.09. The summed E-state index contributed by atoms with van der Waals surface area (Å²) in [5.41, 5.74) is 2.68. The highest BCUT2D eigenvalue weighted by Crippen LogP contribution is 2.36. The molecule has 0 spiro atoms. The zero-order chi connectivity index (χ0) is 18.1. The van der Waals surface area contributed by atoms with Crippen molar-refractivity contribution in [3.63, 3.8) is 0 Å². The average Bonchev–Trinajstić information content (AvgIpc) is 2.82. The second-order valence-corrected chi connectivity index (χ2v) is 7.36.